The van der Waals surface area contributed by atoms with E-state index in [9.17, 15) is 13.6 Å². The number of nitrogen functional groups attached to an aromatic ring is 1. The predicted molar refractivity (Wildman–Crippen MR) is 68.5 cm³/mol. The molecular formula is C12H14F2N2OS. The molecule has 0 spiro atoms. The Kier molecular flexibility index (Phi) is 4.06. The summed E-state index contributed by atoms with van der Waals surface area (Å²) in [6.45, 7) is 0.516. The number of nitrogens with two attached hydrogens (primary N) is 1. The van der Waals surface area contributed by atoms with Gasteiger partial charge in [0.25, 0.3) is 5.91 Å². The molecule has 1 unspecified atom stereocenters. The Balaban J connectivity index is 2.01. The van der Waals surface area contributed by atoms with Gasteiger partial charge in [-0.05, 0) is 29.9 Å². The van der Waals surface area contributed by atoms with Crippen molar-refractivity contribution in [3.63, 3.8) is 0 Å². The number of hydrogen-bond acceptors (Lipinski definition) is 3. The maximum Gasteiger partial charge on any atom is 0.254 e. The lowest BCUT2D eigenvalue weighted by atomic mass is 10.1. The van der Waals surface area contributed by atoms with Crippen LogP contribution < -0.4 is 11.1 Å². The first-order valence-corrected chi connectivity index (χ1v) is 6.84. The van der Waals surface area contributed by atoms with Crippen LogP contribution >= 0.6 is 11.8 Å². The number of halogens is 2. The Hall–Kier alpha value is -1.30. The van der Waals surface area contributed by atoms with Gasteiger partial charge in [-0.3, -0.25) is 4.79 Å². The molecule has 0 saturated carbocycles. The van der Waals surface area contributed by atoms with Gasteiger partial charge < -0.3 is 11.1 Å². The van der Waals surface area contributed by atoms with Gasteiger partial charge in [0, 0.05) is 12.6 Å². The molecule has 1 saturated heterocycles. The fourth-order valence-corrected chi connectivity index (χ4v) is 3.10. The second-order valence-corrected chi connectivity index (χ2v) is 5.44. The molecule has 0 bridgehead atoms. The van der Waals surface area contributed by atoms with E-state index in [0.717, 1.165) is 24.0 Å². The third-order valence-corrected chi connectivity index (χ3v) is 4.14. The average molecular weight is 272 g/mol. The molecule has 2 rings (SSSR count). The van der Waals surface area contributed by atoms with Gasteiger partial charge in [-0.1, -0.05) is 0 Å². The highest BCUT2D eigenvalue weighted by atomic mass is 32.2. The summed E-state index contributed by atoms with van der Waals surface area (Å²) in [4.78, 5) is 11.7. The van der Waals surface area contributed by atoms with Gasteiger partial charge in [-0.2, -0.15) is 11.8 Å². The number of amides is 1. The van der Waals surface area contributed by atoms with E-state index in [-0.39, 0.29) is 11.3 Å². The average Bonchev–Trinajstić information content (AvgIpc) is 2.84. The van der Waals surface area contributed by atoms with Gasteiger partial charge in [0.1, 0.15) is 11.6 Å². The number of carbonyl (C=O) groups excluding carboxylic acids is 1. The lowest BCUT2D eigenvalue weighted by molar-refractivity contribution is 0.0944. The standard InChI is InChI=1S/C12H14F2N2OS/c13-9-4-10(14)11(15)3-8(9)12(17)16-5-7-1-2-18-6-7/h3-4,7H,1-2,5-6,15H2,(H,16,17). The molecule has 1 aliphatic rings. The van der Waals surface area contributed by atoms with E-state index < -0.39 is 17.5 Å². The van der Waals surface area contributed by atoms with Gasteiger partial charge in [0.2, 0.25) is 0 Å². The van der Waals surface area contributed by atoms with Crippen molar-refractivity contribution in [1.82, 2.24) is 5.32 Å². The highest BCUT2D eigenvalue weighted by molar-refractivity contribution is 7.99. The van der Waals surface area contributed by atoms with Gasteiger partial charge in [0.05, 0.1) is 11.3 Å². The van der Waals surface area contributed by atoms with Crippen LogP contribution in [-0.2, 0) is 0 Å². The van der Waals surface area contributed by atoms with Gasteiger partial charge in [-0.25, -0.2) is 8.78 Å². The molecular weight excluding hydrogens is 258 g/mol. The number of rotatable bonds is 3. The smallest absolute Gasteiger partial charge is 0.254 e. The van der Waals surface area contributed by atoms with Crippen molar-refractivity contribution in [1.29, 1.82) is 0 Å². The van der Waals surface area contributed by atoms with Crippen LogP contribution in [0.2, 0.25) is 0 Å². The molecule has 3 nitrogen and oxygen atoms in total. The summed E-state index contributed by atoms with van der Waals surface area (Å²) >= 11 is 1.84. The molecule has 1 amide bonds. The quantitative estimate of drug-likeness (QED) is 0.828. The van der Waals surface area contributed by atoms with Crippen molar-refractivity contribution >= 4 is 23.4 Å². The summed E-state index contributed by atoms with van der Waals surface area (Å²) in [6.07, 6.45) is 1.05. The van der Waals surface area contributed by atoms with Gasteiger partial charge in [-0.15, -0.1) is 0 Å². The Morgan fingerprint density at radius 2 is 2.22 bits per heavy atom. The molecule has 0 aliphatic carbocycles. The minimum atomic E-state index is -0.889. The fraction of sp³-hybridized carbons (Fsp3) is 0.417. The molecule has 1 aromatic carbocycles. The van der Waals surface area contributed by atoms with Crippen molar-refractivity contribution in [3.05, 3.63) is 29.3 Å². The van der Waals surface area contributed by atoms with Crippen LogP contribution in [0.3, 0.4) is 0 Å². The largest absolute Gasteiger partial charge is 0.396 e. The maximum atomic E-state index is 13.4. The van der Waals surface area contributed by atoms with E-state index >= 15 is 0 Å². The van der Waals surface area contributed by atoms with Crippen LogP contribution in [0.15, 0.2) is 12.1 Å². The Morgan fingerprint density at radius 3 is 2.89 bits per heavy atom. The second kappa shape index (κ2) is 5.56. The molecule has 1 fully saturated rings. The summed E-state index contributed by atoms with van der Waals surface area (Å²) in [5.41, 5.74) is 4.89. The van der Waals surface area contributed by atoms with E-state index in [0.29, 0.717) is 18.5 Å². The monoisotopic (exact) mass is 272 g/mol. The molecule has 0 radical (unpaired) electrons. The van der Waals surface area contributed by atoms with Gasteiger partial charge >= 0.3 is 0 Å². The van der Waals surface area contributed by atoms with E-state index in [1.165, 1.54) is 0 Å². The Bertz CT molecular complexity index is 462. The summed E-state index contributed by atoms with van der Waals surface area (Å²) in [5.74, 6) is 0.249. The molecule has 6 heteroatoms. The zero-order chi connectivity index (χ0) is 13.1. The van der Waals surface area contributed by atoms with Crippen LogP contribution in [0.25, 0.3) is 0 Å². The van der Waals surface area contributed by atoms with E-state index in [2.05, 4.69) is 5.32 Å². The van der Waals surface area contributed by atoms with Crippen LogP contribution in [-0.4, -0.2) is 24.0 Å². The summed E-state index contributed by atoms with van der Waals surface area (Å²) in [7, 11) is 0. The molecule has 1 aliphatic heterocycles. The number of anilines is 1. The number of carbonyl (C=O) groups is 1. The number of thioether (sulfide) groups is 1. The van der Waals surface area contributed by atoms with Crippen LogP contribution in [0, 0.1) is 17.6 Å². The lowest BCUT2D eigenvalue weighted by Gasteiger charge is -2.11. The van der Waals surface area contributed by atoms with Crippen molar-refractivity contribution < 1.29 is 13.6 Å². The van der Waals surface area contributed by atoms with Crippen molar-refractivity contribution in [2.45, 2.75) is 6.42 Å². The SMILES string of the molecule is Nc1cc(C(=O)NCC2CCSC2)c(F)cc1F. The van der Waals surface area contributed by atoms with E-state index in [4.69, 9.17) is 5.73 Å². The molecule has 1 atom stereocenters. The van der Waals surface area contributed by atoms with Crippen molar-refractivity contribution in [2.75, 3.05) is 23.8 Å². The van der Waals surface area contributed by atoms with Gasteiger partial charge in [0.15, 0.2) is 0 Å². The minimum absolute atomic E-state index is 0.209. The Labute approximate surface area is 108 Å². The van der Waals surface area contributed by atoms with Crippen molar-refractivity contribution in [3.8, 4) is 0 Å². The zero-order valence-electron chi connectivity index (χ0n) is 9.71. The second-order valence-electron chi connectivity index (χ2n) is 4.29. The summed E-state index contributed by atoms with van der Waals surface area (Å²) in [6, 6.07) is 1.67. The third-order valence-electron chi connectivity index (χ3n) is 2.91. The minimum Gasteiger partial charge on any atom is -0.396 e. The normalized spacial score (nSPS) is 18.9. The maximum absolute atomic E-state index is 13.4. The molecule has 1 aromatic rings. The molecule has 98 valence electrons. The third kappa shape index (κ3) is 2.93. The topological polar surface area (TPSA) is 55.1 Å². The number of hydrogen-bond donors (Lipinski definition) is 2. The van der Waals surface area contributed by atoms with E-state index in [1.54, 1.807) is 0 Å². The van der Waals surface area contributed by atoms with Crippen LogP contribution in [0.1, 0.15) is 16.8 Å². The highest BCUT2D eigenvalue weighted by Gasteiger charge is 2.19. The Morgan fingerprint density at radius 1 is 1.44 bits per heavy atom. The summed E-state index contributed by atoms with van der Waals surface area (Å²) < 4.78 is 26.4. The van der Waals surface area contributed by atoms with Crippen LogP contribution in [0.4, 0.5) is 14.5 Å². The number of benzene rings is 1. The molecule has 1 heterocycles. The fourth-order valence-electron chi connectivity index (χ4n) is 1.82. The molecule has 0 aromatic heterocycles. The first kappa shape index (κ1) is 13.1. The molecule has 18 heavy (non-hydrogen) atoms. The first-order chi connectivity index (χ1) is 8.58. The van der Waals surface area contributed by atoms with Crippen molar-refractivity contribution in [2.24, 2.45) is 5.92 Å². The van der Waals surface area contributed by atoms with E-state index in [1.807, 2.05) is 11.8 Å². The zero-order valence-corrected chi connectivity index (χ0v) is 10.5. The highest BCUT2D eigenvalue weighted by Crippen LogP contribution is 2.23. The predicted octanol–water partition coefficient (Wildman–Crippen LogP) is 2.03. The number of nitrogens with one attached hydrogen (secondary N) is 1. The summed E-state index contributed by atoms with van der Waals surface area (Å²) in [5, 5.41) is 2.66. The first-order valence-electron chi connectivity index (χ1n) is 5.68. The lowest BCUT2D eigenvalue weighted by Crippen LogP contribution is -2.30. The molecule has 3 N–H and O–H groups in total. The van der Waals surface area contributed by atoms with Crippen LogP contribution in [0.5, 0.6) is 0 Å².